The van der Waals surface area contributed by atoms with Crippen molar-refractivity contribution in [3.05, 3.63) is 0 Å². The first-order chi connectivity index (χ1) is 5.56. The number of aliphatic hydroxyl groups is 1. The smallest absolute Gasteiger partial charge is 0.121 e. The lowest BCUT2D eigenvalue weighted by Crippen LogP contribution is -2.26. The summed E-state index contributed by atoms with van der Waals surface area (Å²) in [4.78, 5) is 12.3. The molecule has 0 amide bonds. The Labute approximate surface area is 73.4 Å². The molecule has 0 aliphatic carbocycles. The minimum absolute atomic E-state index is 0.0110. The summed E-state index contributed by atoms with van der Waals surface area (Å²) in [5.74, 6) is 0. The van der Waals surface area contributed by atoms with Gasteiger partial charge in [-0.1, -0.05) is 13.8 Å². The van der Waals surface area contributed by atoms with Crippen LogP contribution in [0.5, 0.6) is 0 Å². The van der Waals surface area contributed by atoms with Gasteiger partial charge in [0.2, 0.25) is 0 Å². The quantitative estimate of drug-likeness (QED) is 0.620. The number of aldehydes is 1. The van der Waals surface area contributed by atoms with Crippen molar-refractivity contribution in [1.82, 2.24) is 4.90 Å². The monoisotopic (exact) mass is 171 g/mol. The Bertz CT molecular complexity index is 168. The second-order valence-corrected chi connectivity index (χ2v) is 4.19. The lowest BCUT2D eigenvalue weighted by atomic mass is 9.90. The maximum Gasteiger partial charge on any atom is 0.121 e. The lowest BCUT2D eigenvalue weighted by Gasteiger charge is -2.20. The van der Waals surface area contributed by atoms with E-state index in [4.69, 9.17) is 0 Å². The van der Waals surface area contributed by atoms with Crippen molar-refractivity contribution in [2.45, 2.75) is 26.4 Å². The Hall–Kier alpha value is -0.410. The average Bonchev–Trinajstić information content (AvgIpc) is 2.22. The Kier molecular flexibility index (Phi) is 2.85. The molecule has 12 heavy (non-hydrogen) atoms. The summed E-state index contributed by atoms with van der Waals surface area (Å²) in [6.07, 6.45) is 1.25. The van der Waals surface area contributed by atoms with Gasteiger partial charge in [0.05, 0.1) is 6.10 Å². The standard InChI is InChI=1S/C9H17NO2/c1-9(2)7-10(4-3-5-11)6-8(9)12/h5,8,12H,3-4,6-7H2,1-2H3. The Balaban J connectivity index is 2.38. The van der Waals surface area contributed by atoms with Gasteiger partial charge in [-0.3, -0.25) is 4.90 Å². The van der Waals surface area contributed by atoms with Gasteiger partial charge in [0.15, 0.2) is 0 Å². The van der Waals surface area contributed by atoms with Crippen LogP contribution in [-0.4, -0.2) is 42.0 Å². The Morgan fingerprint density at radius 1 is 1.67 bits per heavy atom. The second kappa shape index (κ2) is 3.54. The highest BCUT2D eigenvalue weighted by molar-refractivity contribution is 5.49. The molecule has 0 saturated carbocycles. The summed E-state index contributed by atoms with van der Waals surface area (Å²) in [5.41, 5.74) is -0.0110. The van der Waals surface area contributed by atoms with Crippen LogP contribution >= 0.6 is 0 Å². The van der Waals surface area contributed by atoms with Crippen molar-refractivity contribution in [3.63, 3.8) is 0 Å². The molecule has 1 aliphatic heterocycles. The van der Waals surface area contributed by atoms with E-state index in [9.17, 15) is 9.90 Å². The molecular weight excluding hydrogens is 154 g/mol. The zero-order valence-corrected chi connectivity index (χ0v) is 7.79. The predicted molar refractivity (Wildman–Crippen MR) is 46.9 cm³/mol. The van der Waals surface area contributed by atoms with Crippen LogP contribution in [0.3, 0.4) is 0 Å². The molecule has 0 bridgehead atoms. The van der Waals surface area contributed by atoms with Gasteiger partial charge in [0.25, 0.3) is 0 Å². The van der Waals surface area contributed by atoms with Crippen LogP contribution in [0, 0.1) is 5.41 Å². The Morgan fingerprint density at radius 3 is 2.75 bits per heavy atom. The summed E-state index contributed by atoms with van der Waals surface area (Å²) >= 11 is 0. The highest BCUT2D eigenvalue weighted by atomic mass is 16.3. The van der Waals surface area contributed by atoms with Gasteiger partial charge in [-0.25, -0.2) is 0 Å². The number of hydrogen-bond acceptors (Lipinski definition) is 3. The van der Waals surface area contributed by atoms with Crippen LogP contribution in [-0.2, 0) is 4.79 Å². The van der Waals surface area contributed by atoms with Crippen LogP contribution in [0.25, 0.3) is 0 Å². The first-order valence-corrected chi connectivity index (χ1v) is 4.40. The number of hydrogen-bond donors (Lipinski definition) is 1. The van der Waals surface area contributed by atoms with Crippen molar-refractivity contribution in [2.75, 3.05) is 19.6 Å². The van der Waals surface area contributed by atoms with E-state index in [1.807, 2.05) is 0 Å². The molecule has 0 aromatic heterocycles. The fraction of sp³-hybridized carbons (Fsp3) is 0.889. The van der Waals surface area contributed by atoms with Crippen molar-refractivity contribution in [3.8, 4) is 0 Å². The number of nitrogens with zero attached hydrogens (tertiary/aromatic N) is 1. The van der Waals surface area contributed by atoms with E-state index in [0.29, 0.717) is 13.0 Å². The number of aliphatic hydroxyl groups excluding tert-OH is 1. The minimum Gasteiger partial charge on any atom is -0.391 e. The molecule has 1 unspecified atom stereocenters. The topological polar surface area (TPSA) is 40.5 Å². The zero-order chi connectivity index (χ0) is 9.19. The molecule has 1 aliphatic rings. The molecule has 1 atom stereocenters. The van der Waals surface area contributed by atoms with E-state index in [-0.39, 0.29) is 11.5 Å². The molecule has 1 rings (SSSR count). The van der Waals surface area contributed by atoms with Gasteiger partial charge in [-0.2, -0.15) is 0 Å². The minimum atomic E-state index is -0.246. The molecule has 1 N–H and O–H groups in total. The van der Waals surface area contributed by atoms with Crippen LogP contribution < -0.4 is 0 Å². The third kappa shape index (κ3) is 2.05. The molecule has 0 aromatic carbocycles. The largest absolute Gasteiger partial charge is 0.391 e. The summed E-state index contributed by atoms with van der Waals surface area (Å²) in [6.45, 7) is 6.49. The zero-order valence-electron chi connectivity index (χ0n) is 7.79. The molecule has 3 heteroatoms. The fourth-order valence-corrected chi connectivity index (χ4v) is 1.64. The highest BCUT2D eigenvalue weighted by Crippen LogP contribution is 2.29. The van der Waals surface area contributed by atoms with E-state index >= 15 is 0 Å². The number of likely N-dealkylation sites (tertiary alicyclic amines) is 1. The van der Waals surface area contributed by atoms with Gasteiger partial charge in [0, 0.05) is 31.5 Å². The third-order valence-electron chi connectivity index (χ3n) is 2.53. The summed E-state index contributed by atoms with van der Waals surface area (Å²) in [5, 5.41) is 9.60. The van der Waals surface area contributed by atoms with Crippen molar-refractivity contribution in [1.29, 1.82) is 0 Å². The molecule has 3 nitrogen and oxygen atoms in total. The van der Waals surface area contributed by atoms with E-state index in [1.165, 1.54) is 0 Å². The molecular formula is C9H17NO2. The van der Waals surface area contributed by atoms with Gasteiger partial charge in [-0.05, 0) is 0 Å². The van der Waals surface area contributed by atoms with E-state index in [0.717, 1.165) is 19.4 Å². The number of β-amino-alcohol motifs (C(OH)–C–C–N with tert-alkyl or cyclic N) is 1. The van der Waals surface area contributed by atoms with E-state index in [2.05, 4.69) is 18.7 Å². The molecule has 1 fully saturated rings. The average molecular weight is 171 g/mol. The van der Waals surface area contributed by atoms with Crippen LogP contribution in [0.2, 0.25) is 0 Å². The summed E-state index contributed by atoms with van der Waals surface area (Å²) in [7, 11) is 0. The predicted octanol–water partition coefficient (Wildman–Crippen LogP) is 0.278. The maximum atomic E-state index is 10.1. The number of rotatable bonds is 3. The third-order valence-corrected chi connectivity index (χ3v) is 2.53. The Morgan fingerprint density at radius 2 is 2.33 bits per heavy atom. The molecule has 1 saturated heterocycles. The van der Waals surface area contributed by atoms with Gasteiger partial charge in [0.1, 0.15) is 6.29 Å². The van der Waals surface area contributed by atoms with Crippen molar-refractivity contribution >= 4 is 6.29 Å². The van der Waals surface area contributed by atoms with E-state index in [1.54, 1.807) is 0 Å². The van der Waals surface area contributed by atoms with Crippen LogP contribution in [0.1, 0.15) is 20.3 Å². The maximum absolute atomic E-state index is 10.1. The van der Waals surface area contributed by atoms with Crippen LogP contribution in [0.15, 0.2) is 0 Å². The second-order valence-electron chi connectivity index (χ2n) is 4.19. The van der Waals surface area contributed by atoms with Gasteiger partial charge >= 0.3 is 0 Å². The molecule has 0 aromatic rings. The van der Waals surface area contributed by atoms with Crippen molar-refractivity contribution in [2.24, 2.45) is 5.41 Å². The molecule has 1 heterocycles. The summed E-state index contributed by atoms with van der Waals surface area (Å²) in [6, 6.07) is 0. The molecule has 70 valence electrons. The molecule has 0 radical (unpaired) electrons. The normalized spacial score (nSPS) is 29.1. The summed E-state index contributed by atoms with van der Waals surface area (Å²) < 4.78 is 0. The molecule has 0 spiro atoms. The van der Waals surface area contributed by atoms with E-state index < -0.39 is 0 Å². The number of carbonyl (C=O) groups excluding carboxylic acids is 1. The van der Waals surface area contributed by atoms with Crippen LogP contribution in [0.4, 0.5) is 0 Å². The van der Waals surface area contributed by atoms with Gasteiger partial charge < -0.3 is 9.90 Å². The first kappa shape index (κ1) is 9.68. The highest BCUT2D eigenvalue weighted by Gasteiger charge is 2.37. The van der Waals surface area contributed by atoms with Gasteiger partial charge in [-0.15, -0.1) is 0 Å². The lowest BCUT2D eigenvalue weighted by molar-refractivity contribution is -0.108. The SMILES string of the molecule is CC1(C)CN(CCC=O)CC1O. The fourth-order valence-electron chi connectivity index (χ4n) is 1.64. The first-order valence-electron chi connectivity index (χ1n) is 4.40. The number of carbonyl (C=O) groups is 1. The van der Waals surface area contributed by atoms with Crippen molar-refractivity contribution < 1.29 is 9.90 Å².